The van der Waals surface area contributed by atoms with Gasteiger partial charge in [-0.2, -0.15) is 5.26 Å². The first-order valence-electron chi connectivity index (χ1n) is 6.59. The maximum atomic E-state index is 9.42. The van der Waals surface area contributed by atoms with Crippen LogP contribution in [-0.4, -0.2) is 14.2 Å². The van der Waals surface area contributed by atoms with Gasteiger partial charge in [-0.25, -0.2) is 0 Å². The summed E-state index contributed by atoms with van der Waals surface area (Å²) >= 11 is 0. The van der Waals surface area contributed by atoms with Crippen molar-refractivity contribution in [3.63, 3.8) is 0 Å². The Labute approximate surface area is 125 Å². The Morgan fingerprint density at radius 2 is 1.62 bits per heavy atom. The minimum Gasteiger partial charge on any atom is -0.497 e. The normalized spacial score (nSPS) is 10.9. The van der Waals surface area contributed by atoms with E-state index < -0.39 is 0 Å². The predicted octanol–water partition coefficient (Wildman–Crippen LogP) is 4.08. The van der Waals surface area contributed by atoms with Crippen molar-refractivity contribution in [3.05, 3.63) is 59.2 Å². The van der Waals surface area contributed by atoms with E-state index in [0.717, 1.165) is 28.2 Å². The third-order valence-corrected chi connectivity index (χ3v) is 3.27. The van der Waals surface area contributed by atoms with Crippen LogP contribution in [0.5, 0.6) is 11.5 Å². The van der Waals surface area contributed by atoms with Gasteiger partial charge < -0.3 is 9.47 Å². The zero-order valence-electron chi connectivity index (χ0n) is 12.4. The number of hydrogen-bond acceptors (Lipinski definition) is 3. The van der Waals surface area contributed by atoms with Crippen molar-refractivity contribution in [3.8, 4) is 17.6 Å². The van der Waals surface area contributed by atoms with E-state index in [4.69, 9.17) is 9.47 Å². The molecule has 0 saturated carbocycles. The van der Waals surface area contributed by atoms with E-state index in [1.54, 1.807) is 14.2 Å². The maximum Gasteiger partial charge on any atom is 0.119 e. The largest absolute Gasteiger partial charge is 0.497 e. The molecule has 0 aliphatic rings. The number of rotatable bonds is 4. The van der Waals surface area contributed by atoms with E-state index in [-0.39, 0.29) is 0 Å². The Morgan fingerprint density at radius 1 is 1.00 bits per heavy atom. The van der Waals surface area contributed by atoms with Crippen LogP contribution in [0.25, 0.3) is 11.6 Å². The van der Waals surface area contributed by atoms with Crippen molar-refractivity contribution in [2.75, 3.05) is 14.2 Å². The second kappa shape index (κ2) is 6.62. The quantitative estimate of drug-likeness (QED) is 0.625. The molecule has 0 N–H and O–H groups in total. The lowest BCUT2D eigenvalue weighted by Gasteiger charge is -2.07. The fraction of sp³-hybridized carbons (Fsp3) is 0.167. The molecule has 0 aromatic heterocycles. The van der Waals surface area contributed by atoms with Gasteiger partial charge in [-0.15, -0.1) is 0 Å². The summed E-state index contributed by atoms with van der Waals surface area (Å²) in [7, 11) is 3.26. The van der Waals surface area contributed by atoms with Crippen LogP contribution in [0.2, 0.25) is 0 Å². The zero-order chi connectivity index (χ0) is 15.2. The lowest BCUT2D eigenvalue weighted by Crippen LogP contribution is -1.90. The maximum absolute atomic E-state index is 9.42. The van der Waals surface area contributed by atoms with E-state index in [0.29, 0.717) is 5.57 Å². The fourth-order valence-corrected chi connectivity index (χ4v) is 2.10. The summed E-state index contributed by atoms with van der Waals surface area (Å²) in [5.41, 5.74) is 3.51. The van der Waals surface area contributed by atoms with Crippen molar-refractivity contribution in [2.45, 2.75) is 6.92 Å². The minimum atomic E-state index is 0.625. The van der Waals surface area contributed by atoms with Crippen LogP contribution < -0.4 is 9.47 Å². The Balaban J connectivity index is 2.38. The van der Waals surface area contributed by atoms with Crippen LogP contribution >= 0.6 is 0 Å². The summed E-state index contributed by atoms with van der Waals surface area (Å²) < 4.78 is 10.3. The molecule has 2 rings (SSSR count). The highest BCUT2D eigenvalue weighted by Crippen LogP contribution is 2.25. The van der Waals surface area contributed by atoms with Crippen LogP contribution in [0.3, 0.4) is 0 Å². The molecule has 0 unspecified atom stereocenters. The van der Waals surface area contributed by atoms with Crippen LogP contribution in [0.1, 0.15) is 16.7 Å². The van der Waals surface area contributed by atoms with E-state index >= 15 is 0 Å². The molecule has 0 radical (unpaired) electrons. The molecular weight excluding hydrogens is 262 g/mol. The number of hydrogen-bond donors (Lipinski definition) is 0. The molecule has 21 heavy (non-hydrogen) atoms. The highest BCUT2D eigenvalue weighted by Gasteiger charge is 2.06. The Morgan fingerprint density at radius 3 is 2.14 bits per heavy atom. The van der Waals surface area contributed by atoms with Crippen LogP contribution in [0.15, 0.2) is 42.5 Å². The second-order valence-corrected chi connectivity index (χ2v) is 4.62. The first-order chi connectivity index (χ1) is 10.2. The lowest BCUT2D eigenvalue weighted by atomic mass is 9.99. The van der Waals surface area contributed by atoms with Gasteiger partial charge in [-0.05, 0) is 60.0 Å². The molecule has 0 spiro atoms. The first kappa shape index (κ1) is 14.7. The van der Waals surface area contributed by atoms with E-state index in [9.17, 15) is 5.26 Å². The van der Waals surface area contributed by atoms with Gasteiger partial charge in [-0.1, -0.05) is 12.1 Å². The average molecular weight is 279 g/mol. The summed E-state index contributed by atoms with van der Waals surface area (Å²) in [6.07, 6.45) is 1.87. The van der Waals surface area contributed by atoms with E-state index in [1.165, 1.54) is 0 Å². The van der Waals surface area contributed by atoms with Crippen molar-refractivity contribution < 1.29 is 9.47 Å². The molecule has 0 aliphatic carbocycles. The number of benzene rings is 2. The molecule has 2 aromatic rings. The molecule has 0 fully saturated rings. The van der Waals surface area contributed by atoms with E-state index in [2.05, 4.69) is 6.07 Å². The lowest BCUT2D eigenvalue weighted by molar-refractivity contribution is 0.414. The minimum absolute atomic E-state index is 0.625. The van der Waals surface area contributed by atoms with Gasteiger partial charge in [0.25, 0.3) is 0 Å². The van der Waals surface area contributed by atoms with Gasteiger partial charge in [0.1, 0.15) is 11.5 Å². The predicted molar refractivity (Wildman–Crippen MR) is 84.2 cm³/mol. The molecule has 0 saturated heterocycles. The summed E-state index contributed by atoms with van der Waals surface area (Å²) in [6.45, 7) is 1.97. The van der Waals surface area contributed by atoms with E-state index in [1.807, 2.05) is 55.5 Å². The van der Waals surface area contributed by atoms with Gasteiger partial charge in [0.15, 0.2) is 0 Å². The molecular formula is C18H17NO2. The standard InChI is InChI=1S/C18H17NO2/c1-13-10-17(21-3)8-9-18(13)15(12-19)11-14-4-6-16(20-2)7-5-14/h4-11H,1-3H3/b15-11+. The van der Waals surface area contributed by atoms with Gasteiger partial charge in [0.05, 0.1) is 25.9 Å². The van der Waals surface area contributed by atoms with Crippen molar-refractivity contribution in [1.82, 2.24) is 0 Å². The summed E-state index contributed by atoms with van der Waals surface area (Å²) in [4.78, 5) is 0. The van der Waals surface area contributed by atoms with Crippen molar-refractivity contribution >= 4 is 11.6 Å². The van der Waals surface area contributed by atoms with Gasteiger partial charge in [0, 0.05) is 0 Å². The molecule has 106 valence electrons. The molecule has 0 atom stereocenters. The van der Waals surface area contributed by atoms with Gasteiger partial charge in [-0.3, -0.25) is 0 Å². The molecule has 2 aromatic carbocycles. The summed E-state index contributed by atoms with van der Waals surface area (Å²) in [5, 5.41) is 9.42. The molecule has 0 aliphatic heterocycles. The highest BCUT2D eigenvalue weighted by atomic mass is 16.5. The fourth-order valence-electron chi connectivity index (χ4n) is 2.10. The topological polar surface area (TPSA) is 42.2 Å². The molecule has 3 nitrogen and oxygen atoms in total. The summed E-state index contributed by atoms with van der Waals surface area (Å²) in [6, 6.07) is 15.6. The van der Waals surface area contributed by atoms with Crippen LogP contribution in [0, 0.1) is 18.3 Å². The van der Waals surface area contributed by atoms with Crippen LogP contribution in [0.4, 0.5) is 0 Å². The number of methoxy groups -OCH3 is 2. The highest BCUT2D eigenvalue weighted by molar-refractivity contribution is 5.90. The zero-order valence-corrected chi connectivity index (χ0v) is 12.4. The number of nitriles is 1. The third-order valence-electron chi connectivity index (χ3n) is 3.27. The SMILES string of the molecule is COc1ccc(/C=C(\C#N)c2ccc(OC)cc2C)cc1. The van der Waals surface area contributed by atoms with Crippen molar-refractivity contribution in [1.29, 1.82) is 5.26 Å². The number of aryl methyl sites for hydroxylation is 1. The number of allylic oxidation sites excluding steroid dienone is 1. The number of nitrogens with zero attached hydrogens (tertiary/aromatic N) is 1. The monoisotopic (exact) mass is 279 g/mol. The number of ether oxygens (including phenoxy) is 2. The Hall–Kier alpha value is -2.73. The van der Waals surface area contributed by atoms with Crippen molar-refractivity contribution in [2.24, 2.45) is 0 Å². The third kappa shape index (κ3) is 3.43. The second-order valence-electron chi connectivity index (χ2n) is 4.62. The Kier molecular flexibility index (Phi) is 4.63. The average Bonchev–Trinajstić information content (AvgIpc) is 2.53. The first-order valence-corrected chi connectivity index (χ1v) is 6.59. The molecule has 3 heteroatoms. The van der Waals surface area contributed by atoms with Gasteiger partial charge in [0.2, 0.25) is 0 Å². The molecule has 0 heterocycles. The smallest absolute Gasteiger partial charge is 0.119 e. The molecule has 0 amide bonds. The summed E-state index contributed by atoms with van der Waals surface area (Å²) in [5.74, 6) is 1.59. The van der Waals surface area contributed by atoms with Gasteiger partial charge >= 0.3 is 0 Å². The van der Waals surface area contributed by atoms with Crippen LogP contribution in [-0.2, 0) is 0 Å². The molecule has 0 bridgehead atoms. The Bertz CT molecular complexity index is 694.